The number of rotatable bonds is 1. The van der Waals surface area contributed by atoms with E-state index in [0.29, 0.717) is 6.54 Å². The standard InChI is InChI=1S/C19H30N2O3/c1-18(2,3)16-13-20(14-7-9-15(22)10-8-14)11-12-21(16)17(23)24-19(4,5)6/h7-10,16,22H,11-13H2,1-6H3. The van der Waals surface area contributed by atoms with Crippen LogP contribution in [0.2, 0.25) is 0 Å². The van der Waals surface area contributed by atoms with Crippen molar-refractivity contribution < 1.29 is 14.6 Å². The number of ether oxygens (including phenoxy) is 1. The molecule has 5 nitrogen and oxygen atoms in total. The van der Waals surface area contributed by atoms with Crippen molar-refractivity contribution in [2.75, 3.05) is 24.5 Å². The third kappa shape index (κ3) is 4.56. The van der Waals surface area contributed by atoms with Gasteiger partial charge in [0.15, 0.2) is 0 Å². The molecule has 0 aromatic heterocycles. The number of anilines is 1. The summed E-state index contributed by atoms with van der Waals surface area (Å²) >= 11 is 0. The summed E-state index contributed by atoms with van der Waals surface area (Å²) in [6.07, 6.45) is -0.243. The van der Waals surface area contributed by atoms with Gasteiger partial charge in [0.2, 0.25) is 0 Å². The van der Waals surface area contributed by atoms with Gasteiger partial charge in [-0.25, -0.2) is 4.79 Å². The molecule has 1 aliphatic heterocycles. The highest BCUT2D eigenvalue weighted by Gasteiger charge is 2.39. The van der Waals surface area contributed by atoms with Crippen LogP contribution in [0.5, 0.6) is 5.75 Å². The van der Waals surface area contributed by atoms with E-state index in [4.69, 9.17) is 4.74 Å². The van der Waals surface area contributed by atoms with E-state index in [-0.39, 0.29) is 23.3 Å². The van der Waals surface area contributed by atoms with Crippen molar-refractivity contribution in [3.63, 3.8) is 0 Å². The Balaban J connectivity index is 2.19. The molecule has 1 unspecified atom stereocenters. The predicted molar refractivity (Wildman–Crippen MR) is 96.5 cm³/mol. The Bertz CT molecular complexity index is 570. The van der Waals surface area contributed by atoms with E-state index >= 15 is 0 Å². The van der Waals surface area contributed by atoms with Crippen LogP contribution in [0.15, 0.2) is 24.3 Å². The summed E-state index contributed by atoms with van der Waals surface area (Å²) in [6.45, 7) is 14.2. The van der Waals surface area contributed by atoms with Gasteiger partial charge in [0.05, 0.1) is 6.04 Å². The lowest BCUT2D eigenvalue weighted by Gasteiger charge is -2.47. The third-order valence-corrected chi connectivity index (χ3v) is 4.22. The molecule has 0 radical (unpaired) electrons. The number of phenols is 1. The molecule has 2 rings (SSSR count). The average molecular weight is 334 g/mol. The zero-order chi connectivity index (χ0) is 18.1. The molecule has 0 spiro atoms. The van der Waals surface area contributed by atoms with E-state index in [2.05, 4.69) is 25.7 Å². The number of phenolic OH excluding ortho intramolecular Hbond substituents is 1. The normalized spacial score (nSPS) is 19.3. The quantitative estimate of drug-likeness (QED) is 0.847. The molecule has 5 heteroatoms. The Hall–Kier alpha value is -1.91. The number of aromatic hydroxyl groups is 1. The van der Waals surface area contributed by atoms with Gasteiger partial charge in [-0.05, 0) is 50.5 Å². The number of benzene rings is 1. The van der Waals surface area contributed by atoms with Crippen LogP contribution in [0.25, 0.3) is 0 Å². The van der Waals surface area contributed by atoms with Crippen molar-refractivity contribution in [2.45, 2.75) is 53.2 Å². The fraction of sp³-hybridized carbons (Fsp3) is 0.632. The number of amides is 1. The molecule has 24 heavy (non-hydrogen) atoms. The second kappa shape index (κ2) is 6.54. The summed E-state index contributed by atoms with van der Waals surface area (Å²) in [5, 5.41) is 9.47. The largest absolute Gasteiger partial charge is 0.508 e. The van der Waals surface area contributed by atoms with Crippen molar-refractivity contribution >= 4 is 11.8 Å². The molecule has 0 bridgehead atoms. The molecule has 1 aromatic rings. The number of carbonyl (C=O) groups excluding carboxylic acids is 1. The molecular weight excluding hydrogens is 304 g/mol. The van der Waals surface area contributed by atoms with E-state index in [1.807, 2.05) is 37.8 Å². The minimum Gasteiger partial charge on any atom is -0.508 e. The highest BCUT2D eigenvalue weighted by molar-refractivity contribution is 5.69. The van der Waals surface area contributed by atoms with Crippen LogP contribution >= 0.6 is 0 Å². The number of hydrogen-bond donors (Lipinski definition) is 1. The summed E-state index contributed by atoms with van der Waals surface area (Å²) in [6, 6.07) is 7.27. The predicted octanol–water partition coefficient (Wildman–Crippen LogP) is 3.86. The van der Waals surface area contributed by atoms with Crippen LogP contribution < -0.4 is 4.90 Å². The molecule has 1 fully saturated rings. The molecule has 134 valence electrons. The van der Waals surface area contributed by atoms with Crippen LogP contribution in [0.3, 0.4) is 0 Å². The fourth-order valence-electron chi connectivity index (χ4n) is 2.96. The van der Waals surface area contributed by atoms with Gasteiger partial charge in [-0.2, -0.15) is 0 Å². The lowest BCUT2D eigenvalue weighted by atomic mass is 9.84. The van der Waals surface area contributed by atoms with Gasteiger partial charge in [-0.1, -0.05) is 20.8 Å². The minimum atomic E-state index is -0.492. The van der Waals surface area contributed by atoms with E-state index in [1.54, 1.807) is 12.1 Å². The molecule has 1 aromatic carbocycles. The summed E-state index contributed by atoms with van der Waals surface area (Å²) < 4.78 is 5.59. The smallest absolute Gasteiger partial charge is 0.410 e. The van der Waals surface area contributed by atoms with E-state index in [1.165, 1.54) is 0 Å². The first kappa shape index (κ1) is 18.4. The van der Waals surface area contributed by atoms with Crippen molar-refractivity contribution in [3.8, 4) is 5.75 Å². The van der Waals surface area contributed by atoms with Gasteiger partial charge in [-0.3, -0.25) is 0 Å². The Kier molecular flexibility index (Phi) is 5.02. The maximum atomic E-state index is 12.6. The van der Waals surface area contributed by atoms with Gasteiger partial charge in [0.25, 0.3) is 0 Å². The number of hydrogen-bond acceptors (Lipinski definition) is 4. The van der Waals surface area contributed by atoms with Gasteiger partial charge in [0, 0.05) is 25.3 Å². The van der Waals surface area contributed by atoms with E-state index in [0.717, 1.165) is 18.8 Å². The third-order valence-electron chi connectivity index (χ3n) is 4.22. The highest BCUT2D eigenvalue weighted by Crippen LogP contribution is 2.31. The topological polar surface area (TPSA) is 53.0 Å². The zero-order valence-electron chi connectivity index (χ0n) is 15.7. The van der Waals surface area contributed by atoms with Gasteiger partial charge in [-0.15, -0.1) is 0 Å². The van der Waals surface area contributed by atoms with Gasteiger partial charge in [0.1, 0.15) is 11.4 Å². The van der Waals surface area contributed by atoms with Crippen LogP contribution in [-0.2, 0) is 4.74 Å². The SMILES string of the molecule is CC(C)(C)OC(=O)N1CCN(c2ccc(O)cc2)CC1C(C)(C)C. The van der Waals surface area contributed by atoms with E-state index < -0.39 is 5.60 Å². The molecule has 1 aliphatic rings. The summed E-state index contributed by atoms with van der Waals surface area (Å²) in [4.78, 5) is 16.7. The fourth-order valence-corrected chi connectivity index (χ4v) is 2.96. The Labute approximate surface area is 145 Å². The van der Waals surface area contributed by atoms with Gasteiger partial charge < -0.3 is 19.6 Å². The lowest BCUT2D eigenvalue weighted by molar-refractivity contribution is -0.000629. The minimum absolute atomic E-state index is 0.0508. The molecular formula is C19H30N2O3. The van der Waals surface area contributed by atoms with Gasteiger partial charge >= 0.3 is 6.09 Å². The first-order valence-corrected chi connectivity index (χ1v) is 8.51. The van der Waals surface area contributed by atoms with Crippen molar-refractivity contribution in [1.82, 2.24) is 4.90 Å². The molecule has 0 aliphatic carbocycles. The molecule has 1 N–H and O–H groups in total. The molecule has 0 saturated carbocycles. The Morgan fingerprint density at radius 3 is 2.17 bits per heavy atom. The summed E-state index contributed by atoms with van der Waals surface area (Å²) in [7, 11) is 0. The molecule has 1 heterocycles. The number of nitrogens with zero attached hydrogens (tertiary/aromatic N) is 2. The van der Waals surface area contributed by atoms with E-state index in [9.17, 15) is 9.90 Å². The molecule has 1 saturated heterocycles. The first-order chi connectivity index (χ1) is 11.0. The second-order valence-corrected chi connectivity index (χ2v) is 8.52. The molecule has 1 amide bonds. The highest BCUT2D eigenvalue weighted by atomic mass is 16.6. The average Bonchev–Trinajstić information content (AvgIpc) is 2.44. The first-order valence-electron chi connectivity index (χ1n) is 8.51. The van der Waals surface area contributed by atoms with Crippen LogP contribution in [0.1, 0.15) is 41.5 Å². The van der Waals surface area contributed by atoms with Crippen LogP contribution in [0, 0.1) is 5.41 Å². The summed E-state index contributed by atoms with van der Waals surface area (Å²) in [5.41, 5.74) is 0.506. The Morgan fingerprint density at radius 2 is 1.67 bits per heavy atom. The second-order valence-electron chi connectivity index (χ2n) is 8.52. The zero-order valence-corrected chi connectivity index (χ0v) is 15.7. The maximum Gasteiger partial charge on any atom is 0.410 e. The van der Waals surface area contributed by atoms with Crippen LogP contribution in [-0.4, -0.2) is 47.4 Å². The maximum absolute atomic E-state index is 12.6. The number of piperazine rings is 1. The summed E-state index contributed by atoms with van der Waals surface area (Å²) in [5.74, 6) is 0.263. The van der Waals surface area contributed by atoms with Crippen molar-refractivity contribution in [1.29, 1.82) is 0 Å². The molecule has 1 atom stereocenters. The van der Waals surface area contributed by atoms with Crippen molar-refractivity contribution in [2.24, 2.45) is 5.41 Å². The monoisotopic (exact) mass is 334 g/mol. The number of carbonyl (C=O) groups is 1. The Morgan fingerprint density at radius 1 is 1.08 bits per heavy atom. The van der Waals surface area contributed by atoms with Crippen LogP contribution in [0.4, 0.5) is 10.5 Å². The lowest BCUT2D eigenvalue weighted by Crippen LogP contribution is -2.60. The van der Waals surface area contributed by atoms with Crippen molar-refractivity contribution in [3.05, 3.63) is 24.3 Å².